The lowest BCUT2D eigenvalue weighted by molar-refractivity contribution is -0.112. The maximum atomic E-state index is 12.2. The topological polar surface area (TPSA) is 65.8 Å². The van der Waals surface area contributed by atoms with Crippen molar-refractivity contribution in [2.45, 2.75) is 13.8 Å². The number of hydrogen-bond acceptors (Lipinski definition) is 3. The lowest BCUT2D eigenvalue weighted by Crippen LogP contribution is -2.13. The molecule has 0 aliphatic heterocycles. The second-order valence-corrected chi connectivity index (χ2v) is 4.78. The number of carbonyl (C=O) groups is 1. The van der Waals surface area contributed by atoms with E-state index in [0.29, 0.717) is 5.69 Å². The summed E-state index contributed by atoms with van der Waals surface area (Å²) in [6.45, 7) is 3.92. The number of aromatic nitrogens is 1. The fourth-order valence-corrected chi connectivity index (χ4v) is 2.02. The highest BCUT2D eigenvalue weighted by Gasteiger charge is 2.09. The van der Waals surface area contributed by atoms with E-state index >= 15 is 0 Å². The molecule has 0 bridgehead atoms. The minimum absolute atomic E-state index is 0.0559. The van der Waals surface area contributed by atoms with Gasteiger partial charge < -0.3 is 5.32 Å². The first-order valence-electron chi connectivity index (χ1n) is 6.50. The second kappa shape index (κ2) is 6.49. The van der Waals surface area contributed by atoms with Crippen molar-refractivity contribution in [2.75, 3.05) is 5.32 Å². The Balaban J connectivity index is 2.22. The van der Waals surface area contributed by atoms with Crippen molar-refractivity contribution < 1.29 is 4.79 Å². The summed E-state index contributed by atoms with van der Waals surface area (Å²) in [5, 5.41) is 11.9. The molecule has 21 heavy (non-hydrogen) atoms. The average Bonchev–Trinajstić information content (AvgIpc) is 2.44. The van der Waals surface area contributed by atoms with Crippen molar-refractivity contribution in [3.8, 4) is 6.07 Å². The molecule has 0 saturated carbocycles. The molecular weight excluding hydrogens is 262 g/mol. The zero-order valence-corrected chi connectivity index (χ0v) is 11.9. The molecule has 0 radical (unpaired) electrons. The van der Waals surface area contributed by atoms with E-state index in [1.54, 1.807) is 30.6 Å². The van der Waals surface area contributed by atoms with E-state index < -0.39 is 5.91 Å². The van der Waals surface area contributed by atoms with Crippen LogP contribution in [0, 0.1) is 25.2 Å². The Hall–Kier alpha value is -2.93. The Bertz CT molecular complexity index is 707. The third-order valence-corrected chi connectivity index (χ3v) is 2.86. The van der Waals surface area contributed by atoms with Crippen LogP contribution in [0.25, 0.3) is 6.08 Å². The standard InChI is InChI=1S/C17H15N3O/c1-12-7-13(2)9-16(8-12)20-17(21)15(11-18)10-14-3-5-19-6-4-14/h3-10H,1-2H3,(H,20,21)/b15-10+. The van der Waals surface area contributed by atoms with E-state index in [1.807, 2.05) is 38.1 Å². The van der Waals surface area contributed by atoms with Crippen LogP contribution in [0.4, 0.5) is 5.69 Å². The van der Waals surface area contributed by atoms with Gasteiger partial charge in [-0.05, 0) is 60.9 Å². The van der Waals surface area contributed by atoms with E-state index in [0.717, 1.165) is 16.7 Å². The molecule has 4 nitrogen and oxygen atoms in total. The Morgan fingerprint density at radius 3 is 2.38 bits per heavy atom. The molecule has 0 aliphatic carbocycles. The van der Waals surface area contributed by atoms with Crippen LogP contribution in [0.15, 0.2) is 48.3 Å². The molecule has 1 amide bonds. The molecule has 2 aromatic rings. The molecule has 0 unspecified atom stereocenters. The first-order valence-corrected chi connectivity index (χ1v) is 6.50. The van der Waals surface area contributed by atoms with Crippen molar-refractivity contribution in [2.24, 2.45) is 0 Å². The highest BCUT2D eigenvalue weighted by Crippen LogP contribution is 2.15. The molecule has 1 aromatic heterocycles. The fourth-order valence-electron chi connectivity index (χ4n) is 2.02. The largest absolute Gasteiger partial charge is 0.321 e. The minimum atomic E-state index is -0.417. The highest BCUT2D eigenvalue weighted by molar-refractivity contribution is 6.09. The van der Waals surface area contributed by atoms with E-state index in [1.165, 1.54) is 0 Å². The second-order valence-electron chi connectivity index (χ2n) is 4.78. The maximum absolute atomic E-state index is 12.2. The van der Waals surface area contributed by atoms with Crippen molar-refractivity contribution in [3.63, 3.8) is 0 Å². The number of carbonyl (C=O) groups excluding carboxylic acids is 1. The number of pyridine rings is 1. The monoisotopic (exact) mass is 277 g/mol. The summed E-state index contributed by atoms with van der Waals surface area (Å²) >= 11 is 0. The van der Waals surface area contributed by atoms with Crippen LogP contribution in [-0.2, 0) is 4.79 Å². The molecule has 104 valence electrons. The Morgan fingerprint density at radius 1 is 1.19 bits per heavy atom. The van der Waals surface area contributed by atoms with Crippen LogP contribution in [0.2, 0.25) is 0 Å². The molecule has 1 N–H and O–H groups in total. The van der Waals surface area contributed by atoms with Gasteiger partial charge in [0.1, 0.15) is 11.6 Å². The summed E-state index contributed by atoms with van der Waals surface area (Å²) in [4.78, 5) is 16.1. The number of amides is 1. The Kier molecular flexibility index (Phi) is 4.47. The van der Waals surface area contributed by atoms with Crippen molar-refractivity contribution in [1.29, 1.82) is 5.26 Å². The van der Waals surface area contributed by atoms with Crippen molar-refractivity contribution in [1.82, 2.24) is 4.98 Å². The number of hydrogen-bond donors (Lipinski definition) is 1. The molecule has 0 saturated heterocycles. The van der Waals surface area contributed by atoms with E-state index in [2.05, 4.69) is 10.3 Å². The molecule has 1 aromatic carbocycles. The summed E-state index contributed by atoms with van der Waals surface area (Å²) in [7, 11) is 0. The van der Waals surface area contributed by atoms with Gasteiger partial charge in [0.2, 0.25) is 0 Å². The Labute approximate surface area is 123 Å². The molecule has 4 heteroatoms. The summed E-state index contributed by atoms with van der Waals surface area (Å²) in [6.07, 6.45) is 4.77. The minimum Gasteiger partial charge on any atom is -0.321 e. The van der Waals surface area contributed by atoms with Crippen LogP contribution >= 0.6 is 0 Å². The van der Waals surface area contributed by atoms with E-state index in [-0.39, 0.29) is 5.57 Å². The zero-order chi connectivity index (χ0) is 15.2. The molecular formula is C17H15N3O. The molecule has 0 spiro atoms. The predicted molar refractivity (Wildman–Crippen MR) is 82.4 cm³/mol. The number of nitriles is 1. The van der Waals surface area contributed by atoms with Crippen LogP contribution in [-0.4, -0.2) is 10.9 Å². The molecule has 2 rings (SSSR count). The number of benzene rings is 1. The first kappa shape index (κ1) is 14.5. The number of rotatable bonds is 3. The fraction of sp³-hybridized carbons (Fsp3) is 0.118. The third-order valence-electron chi connectivity index (χ3n) is 2.86. The predicted octanol–water partition coefficient (Wildman–Crippen LogP) is 3.24. The number of nitrogens with zero attached hydrogens (tertiary/aromatic N) is 2. The summed E-state index contributed by atoms with van der Waals surface area (Å²) in [6, 6.07) is 11.2. The lowest BCUT2D eigenvalue weighted by atomic mass is 10.1. The number of aryl methyl sites for hydroxylation is 2. The average molecular weight is 277 g/mol. The van der Waals surface area contributed by atoms with Crippen LogP contribution in [0.3, 0.4) is 0 Å². The molecule has 0 aliphatic rings. The maximum Gasteiger partial charge on any atom is 0.266 e. The first-order chi connectivity index (χ1) is 10.1. The SMILES string of the molecule is Cc1cc(C)cc(NC(=O)/C(C#N)=C/c2ccncc2)c1. The van der Waals surface area contributed by atoms with Gasteiger partial charge in [-0.3, -0.25) is 9.78 Å². The summed E-state index contributed by atoms with van der Waals surface area (Å²) in [5.74, 6) is -0.417. The third kappa shape index (κ3) is 4.02. The van der Waals surface area contributed by atoms with Crippen molar-refractivity contribution >= 4 is 17.7 Å². The zero-order valence-electron chi connectivity index (χ0n) is 11.9. The molecule has 0 fully saturated rings. The number of nitrogens with one attached hydrogen (secondary N) is 1. The van der Waals surface area contributed by atoms with Gasteiger partial charge in [0.25, 0.3) is 5.91 Å². The van der Waals surface area contributed by atoms with Gasteiger partial charge >= 0.3 is 0 Å². The highest BCUT2D eigenvalue weighted by atomic mass is 16.1. The van der Waals surface area contributed by atoms with Gasteiger partial charge in [0.15, 0.2) is 0 Å². The number of anilines is 1. The van der Waals surface area contributed by atoms with Crippen molar-refractivity contribution in [3.05, 3.63) is 65.0 Å². The van der Waals surface area contributed by atoms with Crippen LogP contribution < -0.4 is 5.32 Å². The molecule has 0 atom stereocenters. The quantitative estimate of drug-likeness (QED) is 0.691. The summed E-state index contributed by atoms with van der Waals surface area (Å²) in [5.41, 5.74) is 3.62. The van der Waals surface area contributed by atoms with Gasteiger partial charge in [0, 0.05) is 18.1 Å². The summed E-state index contributed by atoms with van der Waals surface area (Å²) < 4.78 is 0. The lowest BCUT2D eigenvalue weighted by Gasteiger charge is -2.07. The Morgan fingerprint density at radius 2 is 1.81 bits per heavy atom. The van der Waals surface area contributed by atoms with Gasteiger partial charge in [-0.15, -0.1) is 0 Å². The smallest absolute Gasteiger partial charge is 0.266 e. The van der Waals surface area contributed by atoms with Gasteiger partial charge in [-0.2, -0.15) is 5.26 Å². The van der Waals surface area contributed by atoms with E-state index in [9.17, 15) is 4.79 Å². The van der Waals surface area contributed by atoms with Crippen LogP contribution in [0.5, 0.6) is 0 Å². The molecule has 1 heterocycles. The van der Waals surface area contributed by atoms with Gasteiger partial charge in [-0.25, -0.2) is 0 Å². The van der Waals surface area contributed by atoms with Gasteiger partial charge in [0.05, 0.1) is 0 Å². The van der Waals surface area contributed by atoms with Crippen LogP contribution in [0.1, 0.15) is 16.7 Å². The normalized spacial score (nSPS) is 10.8. The van der Waals surface area contributed by atoms with Gasteiger partial charge in [-0.1, -0.05) is 6.07 Å². The van der Waals surface area contributed by atoms with E-state index in [4.69, 9.17) is 5.26 Å².